The maximum Gasteiger partial charge on any atom is 0.311 e. The van der Waals surface area contributed by atoms with Crippen LogP contribution in [0.3, 0.4) is 0 Å². The first-order valence-corrected chi connectivity index (χ1v) is 11.3. The van der Waals surface area contributed by atoms with Crippen molar-refractivity contribution in [1.29, 1.82) is 0 Å². The van der Waals surface area contributed by atoms with Gasteiger partial charge in [-0.2, -0.15) is 0 Å². The van der Waals surface area contributed by atoms with Gasteiger partial charge in [-0.3, -0.25) is 9.59 Å². The molecular formula is C22H26N2O4S. The lowest BCUT2D eigenvalue weighted by Crippen LogP contribution is -2.47. The van der Waals surface area contributed by atoms with Crippen LogP contribution in [0.4, 0.5) is 0 Å². The fraction of sp³-hybridized carbons (Fsp3) is 0.364. The topological polar surface area (TPSA) is 83.6 Å². The second-order valence-corrected chi connectivity index (χ2v) is 9.57. The van der Waals surface area contributed by atoms with Crippen LogP contribution in [0.15, 0.2) is 65.6 Å². The predicted molar refractivity (Wildman–Crippen MR) is 111 cm³/mol. The maximum absolute atomic E-state index is 13.2. The van der Waals surface area contributed by atoms with Crippen LogP contribution in [0.1, 0.15) is 30.6 Å². The van der Waals surface area contributed by atoms with Crippen molar-refractivity contribution in [2.75, 3.05) is 19.6 Å². The first-order valence-electron chi connectivity index (χ1n) is 9.80. The number of nitrogens with zero attached hydrogens (tertiary/aromatic N) is 1. The van der Waals surface area contributed by atoms with Crippen molar-refractivity contribution >= 4 is 21.7 Å². The molecule has 1 heterocycles. The maximum atomic E-state index is 13.2. The summed E-state index contributed by atoms with van der Waals surface area (Å²) in [5, 5.41) is 1.57. The fourth-order valence-corrected chi connectivity index (χ4v) is 5.15. The monoisotopic (exact) mass is 414 g/mol. The average Bonchev–Trinajstić information content (AvgIpc) is 2.75. The van der Waals surface area contributed by atoms with Crippen LogP contribution in [0.5, 0.6) is 0 Å². The number of hydrogen-bond donors (Lipinski definition) is 1. The van der Waals surface area contributed by atoms with Crippen molar-refractivity contribution in [2.45, 2.75) is 29.9 Å². The van der Waals surface area contributed by atoms with E-state index in [1.54, 1.807) is 53.4 Å². The zero-order valence-electron chi connectivity index (χ0n) is 16.5. The Morgan fingerprint density at radius 3 is 2.14 bits per heavy atom. The van der Waals surface area contributed by atoms with Gasteiger partial charge >= 0.3 is 11.8 Å². The van der Waals surface area contributed by atoms with Gasteiger partial charge in [-0.25, -0.2) is 8.42 Å². The molecule has 1 aliphatic rings. The molecule has 1 aliphatic heterocycles. The van der Waals surface area contributed by atoms with E-state index >= 15 is 0 Å². The van der Waals surface area contributed by atoms with E-state index in [0.29, 0.717) is 24.6 Å². The molecule has 0 aliphatic carbocycles. The van der Waals surface area contributed by atoms with E-state index in [-0.39, 0.29) is 11.4 Å². The van der Waals surface area contributed by atoms with Gasteiger partial charge in [-0.15, -0.1) is 0 Å². The van der Waals surface area contributed by atoms with Crippen molar-refractivity contribution in [3.63, 3.8) is 0 Å². The normalized spacial score (nSPS) is 16.2. The number of rotatable bonds is 5. The molecule has 2 aromatic rings. The standard InChI is InChI=1S/C22H26N2O4S/c1-17-12-14-24(15-13-17)22(26)21(25)23-16-20(18-8-4-2-5-9-18)29(27,28)19-10-6-3-7-11-19/h2-11,17,20H,12-16H2,1H3,(H,23,25)/t20-/m0/s1. The van der Waals surface area contributed by atoms with Crippen molar-refractivity contribution in [2.24, 2.45) is 5.92 Å². The summed E-state index contributed by atoms with van der Waals surface area (Å²) in [5.74, 6) is -0.815. The Bertz CT molecular complexity index is 937. The molecule has 6 nitrogen and oxygen atoms in total. The first kappa shape index (κ1) is 21.0. The van der Waals surface area contributed by atoms with Crippen LogP contribution in [0, 0.1) is 5.92 Å². The third-order valence-electron chi connectivity index (χ3n) is 5.33. The quantitative estimate of drug-likeness (QED) is 0.763. The third-order valence-corrected chi connectivity index (χ3v) is 7.45. The van der Waals surface area contributed by atoms with Gasteiger partial charge in [0, 0.05) is 19.6 Å². The molecule has 1 atom stereocenters. The summed E-state index contributed by atoms with van der Waals surface area (Å²) in [7, 11) is -3.75. The Morgan fingerprint density at radius 2 is 1.55 bits per heavy atom. The molecule has 1 N–H and O–H groups in total. The minimum atomic E-state index is -3.75. The molecule has 1 fully saturated rings. The van der Waals surface area contributed by atoms with E-state index in [2.05, 4.69) is 12.2 Å². The molecule has 1 saturated heterocycles. The lowest BCUT2D eigenvalue weighted by atomic mass is 9.99. The van der Waals surface area contributed by atoms with Crippen molar-refractivity contribution in [3.8, 4) is 0 Å². The van der Waals surface area contributed by atoms with E-state index in [4.69, 9.17) is 0 Å². The van der Waals surface area contributed by atoms with E-state index in [0.717, 1.165) is 12.8 Å². The van der Waals surface area contributed by atoms with Crippen LogP contribution in [0.2, 0.25) is 0 Å². The summed E-state index contributed by atoms with van der Waals surface area (Å²) in [4.78, 5) is 26.6. The Morgan fingerprint density at radius 1 is 1.00 bits per heavy atom. The second-order valence-electron chi connectivity index (χ2n) is 7.44. The lowest BCUT2D eigenvalue weighted by molar-refractivity contribution is -0.146. The van der Waals surface area contributed by atoms with Gasteiger partial charge in [0.1, 0.15) is 5.25 Å². The molecule has 0 aromatic heterocycles. The summed E-state index contributed by atoms with van der Waals surface area (Å²) >= 11 is 0. The minimum absolute atomic E-state index is 0.171. The van der Waals surface area contributed by atoms with Crippen molar-refractivity contribution in [3.05, 3.63) is 66.2 Å². The predicted octanol–water partition coefficient (Wildman–Crippen LogP) is 2.58. The molecule has 0 radical (unpaired) electrons. The molecule has 29 heavy (non-hydrogen) atoms. The molecule has 2 amide bonds. The Hall–Kier alpha value is -2.67. The van der Waals surface area contributed by atoms with Gasteiger partial charge in [0.15, 0.2) is 9.84 Å². The SMILES string of the molecule is CC1CCN(C(=O)C(=O)NC[C@@H](c2ccccc2)S(=O)(=O)c2ccccc2)CC1. The number of benzene rings is 2. The highest BCUT2D eigenvalue weighted by Crippen LogP contribution is 2.28. The van der Waals surface area contributed by atoms with Crippen molar-refractivity contribution in [1.82, 2.24) is 10.2 Å². The Kier molecular flexibility index (Phi) is 6.69. The largest absolute Gasteiger partial charge is 0.346 e. The summed E-state index contributed by atoms with van der Waals surface area (Å²) in [5.41, 5.74) is 0.566. The van der Waals surface area contributed by atoms with E-state index < -0.39 is 26.9 Å². The number of nitrogens with one attached hydrogen (secondary N) is 1. The third kappa shape index (κ3) is 5.03. The minimum Gasteiger partial charge on any atom is -0.346 e. The van der Waals surface area contributed by atoms with Crippen molar-refractivity contribution < 1.29 is 18.0 Å². The summed E-state index contributed by atoms with van der Waals surface area (Å²) in [6.45, 7) is 3.06. The fourth-order valence-electron chi connectivity index (χ4n) is 3.47. The van der Waals surface area contributed by atoms with Crippen LogP contribution in [0.25, 0.3) is 0 Å². The molecule has 2 aromatic carbocycles. The van der Waals surface area contributed by atoms with Gasteiger partial charge in [0.05, 0.1) is 4.90 Å². The van der Waals surface area contributed by atoms with Crippen LogP contribution < -0.4 is 5.32 Å². The number of sulfone groups is 1. The molecule has 0 bridgehead atoms. The zero-order chi connectivity index (χ0) is 20.9. The number of amides is 2. The number of carbonyl (C=O) groups excluding carboxylic acids is 2. The molecule has 0 spiro atoms. The molecule has 3 rings (SSSR count). The highest BCUT2D eigenvalue weighted by atomic mass is 32.2. The second kappa shape index (κ2) is 9.22. The molecular weight excluding hydrogens is 388 g/mol. The van der Waals surface area contributed by atoms with Crippen LogP contribution >= 0.6 is 0 Å². The van der Waals surface area contributed by atoms with E-state index in [1.807, 2.05) is 0 Å². The number of carbonyl (C=O) groups is 2. The van der Waals surface area contributed by atoms with Gasteiger partial charge in [-0.1, -0.05) is 55.5 Å². The molecule has 0 saturated carbocycles. The highest BCUT2D eigenvalue weighted by molar-refractivity contribution is 7.91. The van der Waals surface area contributed by atoms with Gasteiger partial charge in [-0.05, 0) is 36.5 Å². The van der Waals surface area contributed by atoms with E-state index in [1.165, 1.54) is 12.1 Å². The highest BCUT2D eigenvalue weighted by Gasteiger charge is 2.31. The Balaban J connectivity index is 1.76. The van der Waals surface area contributed by atoms with E-state index in [9.17, 15) is 18.0 Å². The smallest absolute Gasteiger partial charge is 0.311 e. The van der Waals surface area contributed by atoms with Gasteiger partial charge < -0.3 is 10.2 Å². The zero-order valence-corrected chi connectivity index (χ0v) is 17.3. The van der Waals surface area contributed by atoms with Crippen LogP contribution in [-0.4, -0.2) is 44.8 Å². The number of piperidine rings is 1. The number of likely N-dealkylation sites (tertiary alicyclic amines) is 1. The molecule has 154 valence electrons. The summed E-state index contributed by atoms with van der Waals surface area (Å²) in [6.07, 6.45) is 1.74. The van der Waals surface area contributed by atoms with Crippen LogP contribution in [-0.2, 0) is 19.4 Å². The first-order chi connectivity index (χ1) is 13.9. The van der Waals surface area contributed by atoms with Gasteiger partial charge in [0.2, 0.25) is 0 Å². The van der Waals surface area contributed by atoms with Gasteiger partial charge in [0.25, 0.3) is 0 Å². The number of hydrogen-bond acceptors (Lipinski definition) is 4. The summed E-state index contributed by atoms with van der Waals surface area (Å²) in [6, 6.07) is 16.9. The summed E-state index contributed by atoms with van der Waals surface area (Å²) < 4.78 is 26.4. The average molecular weight is 415 g/mol. The Labute approximate surface area is 171 Å². The molecule has 7 heteroatoms. The molecule has 0 unspecified atom stereocenters. The lowest BCUT2D eigenvalue weighted by Gasteiger charge is -2.29.